The van der Waals surface area contributed by atoms with Gasteiger partial charge in [-0.25, -0.2) is 4.79 Å². The van der Waals surface area contributed by atoms with E-state index in [9.17, 15) is 4.79 Å². The summed E-state index contributed by atoms with van der Waals surface area (Å²) in [5.41, 5.74) is 0. The number of methoxy groups -OCH3 is 1. The molecule has 0 aliphatic carbocycles. The Kier molecular flexibility index (Phi) is 5.66. The van der Waals surface area contributed by atoms with Gasteiger partial charge in [-0.1, -0.05) is 0 Å². The zero-order valence-electron chi connectivity index (χ0n) is 5.83. The fourth-order valence-corrected chi connectivity index (χ4v) is 0.310. The minimum atomic E-state index is -0.757. The van der Waals surface area contributed by atoms with Crippen molar-refractivity contribution in [2.75, 3.05) is 20.3 Å². The summed E-state index contributed by atoms with van der Waals surface area (Å²) in [5.74, 6) is 0. The van der Waals surface area contributed by atoms with Crippen LogP contribution in [0.5, 0.6) is 0 Å². The Labute approximate surface area is 60.1 Å². The van der Waals surface area contributed by atoms with Crippen molar-refractivity contribution in [3.63, 3.8) is 0 Å². The van der Waals surface area contributed by atoms with Crippen molar-refractivity contribution < 1.29 is 19.0 Å². The van der Waals surface area contributed by atoms with Gasteiger partial charge >= 0.3 is 6.16 Å². The first-order valence-corrected chi connectivity index (χ1v) is 2.74. The molecule has 0 unspecified atom stereocenters. The van der Waals surface area contributed by atoms with E-state index >= 15 is 0 Å². The van der Waals surface area contributed by atoms with Crippen LogP contribution in [0.3, 0.4) is 0 Å². The number of carbonyl (C=O) groups excluding carboxylic acids is 1. The van der Waals surface area contributed by atoms with E-state index in [1.807, 2.05) is 0 Å². The summed E-state index contributed by atoms with van der Waals surface area (Å²) in [6, 6.07) is 0. The van der Waals surface area contributed by atoms with Gasteiger partial charge in [0.15, 0.2) is 0 Å². The summed E-state index contributed by atoms with van der Waals surface area (Å²) < 4.78 is 13.3. The highest BCUT2D eigenvalue weighted by Gasteiger charge is 1.96. The molecule has 0 aliphatic rings. The second-order valence-electron chi connectivity index (χ2n) is 1.38. The molecular weight excluding hydrogens is 136 g/mol. The van der Waals surface area contributed by atoms with Crippen LogP contribution < -0.4 is 0 Å². The normalized spacial score (nSPS) is 8.90. The molecule has 0 aromatic carbocycles. The molecule has 58 valence electrons. The molecule has 0 aromatic rings. The molecule has 0 bridgehead atoms. The molecule has 0 spiro atoms. The Morgan fingerprint density at radius 3 is 2.80 bits per heavy atom. The second kappa shape index (κ2) is 6.22. The molecule has 0 atom stereocenters. The predicted octanol–water partition coefficient (Wildman–Crippen LogP) is 0.782. The van der Waals surface area contributed by atoms with Crippen molar-refractivity contribution in [1.82, 2.24) is 0 Å². The van der Waals surface area contributed by atoms with E-state index < -0.39 is 6.16 Å². The maximum atomic E-state index is 10.3. The molecule has 10 heavy (non-hydrogen) atoms. The molecule has 0 fully saturated rings. The SMILES string of the molecule is [CH2+][CH-]OC(=O)OCCOC. The van der Waals surface area contributed by atoms with E-state index in [1.165, 1.54) is 7.11 Å². The molecular formula is C6H10O4. The Morgan fingerprint density at radius 1 is 1.60 bits per heavy atom. The standard InChI is InChI=1S/C6H10O4/c1-3-9-6(7)10-5-4-8-2/h3H,1,4-5H2,2H3. The molecule has 0 aromatic heterocycles. The molecule has 0 rings (SSSR count). The van der Waals surface area contributed by atoms with Crippen LogP contribution in [0, 0.1) is 13.5 Å². The Balaban J connectivity index is 3.05. The van der Waals surface area contributed by atoms with Gasteiger partial charge in [-0.3, -0.25) is 0 Å². The molecule has 0 aliphatic heterocycles. The van der Waals surface area contributed by atoms with Crippen LogP contribution in [-0.4, -0.2) is 26.5 Å². The van der Waals surface area contributed by atoms with Crippen molar-refractivity contribution >= 4 is 6.16 Å². The summed E-state index contributed by atoms with van der Waals surface area (Å²) in [6.07, 6.45) is -0.757. The maximum Gasteiger partial charge on any atom is 0.479 e. The van der Waals surface area contributed by atoms with Crippen LogP contribution in [0.25, 0.3) is 0 Å². The number of rotatable bonds is 4. The zero-order chi connectivity index (χ0) is 7.82. The lowest BCUT2D eigenvalue weighted by molar-refractivity contribution is 0.0528. The third kappa shape index (κ3) is 5.24. The fourth-order valence-electron chi connectivity index (χ4n) is 0.310. The molecule has 0 heterocycles. The smallest absolute Gasteiger partial charge is 0.479 e. The minimum absolute atomic E-state index is 0.198. The van der Waals surface area contributed by atoms with E-state index in [2.05, 4.69) is 21.1 Å². The molecule has 0 N–H and O–H groups in total. The van der Waals surface area contributed by atoms with Crippen LogP contribution in [0.1, 0.15) is 0 Å². The Morgan fingerprint density at radius 2 is 2.30 bits per heavy atom. The highest BCUT2D eigenvalue weighted by Crippen LogP contribution is 1.86. The van der Waals surface area contributed by atoms with Gasteiger partial charge in [-0.2, -0.15) is 0 Å². The topological polar surface area (TPSA) is 44.8 Å². The lowest BCUT2D eigenvalue weighted by Crippen LogP contribution is -2.09. The average Bonchev–Trinajstić information content (AvgIpc) is 1.89. The summed E-state index contributed by atoms with van der Waals surface area (Å²) in [6.45, 7) is 4.75. The molecule has 4 heteroatoms. The van der Waals surface area contributed by atoms with Gasteiger partial charge in [0.25, 0.3) is 0 Å². The van der Waals surface area contributed by atoms with E-state index in [4.69, 9.17) is 0 Å². The van der Waals surface area contributed by atoms with Crippen molar-refractivity contribution in [3.05, 3.63) is 13.5 Å². The first-order valence-electron chi connectivity index (χ1n) is 2.74. The Bertz CT molecular complexity index is 91.7. The van der Waals surface area contributed by atoms with Crippen molar-refractivity contribution in [3.8, 4) is 0 Å². The largest absolute Gasteiger partial charge is 0.558 e. The lowest BCUT2D eigenvalue weighted by Gasteiger charge is -2.05. The maximum absolute atomic E-state index is 10.3. The van der Waals surface area contributed by atoms with Crippen LogP contribution >= 0.6 is 0 Å². The summed E-state index contributed by atoms with van der Waals surface area (Å²) in [7, 11) is 1.52. The van der Waals surface area contributed by atoms with Gasteiger partial charge in [0.2, 0.25) is 0 Å². The van der Waals surface area contributed by atoms with Gasteiger partial charge in [0, 0.05) is 13.7 Å². The lowest BCUT2D eigenvalue weighted by atomic mass is 10.8. The quantitative estimate of drug-likeness (QED) is 0.334. The molecule has 0 radical (unpaired) electrons. The second-order valence-corrected chi connectivity index (χ2v) is 1.38. The number of hydrogen-bond acceptors (Lipinski definition) is 4. The van der Waals surface area contributed by atoms with Gasteiger partial charge in [0.05, 0.1) is 6.61 Å². The third-order valence-electron chi connectivity index (χ3n) is 0.687. The van der Waals surface area contributed by atoms with Gasteiger partial charge in [0.1, 0.15) is 6.61 Å². The fraction of sp³-hybridized carbons (Fsp3) is 0.500. The van der Waals surface area contributed by atoms with Gasteiger partial charge in [-0.05, 0) is 6.92 Å². The monoisotopic (exact) mass is 146 g/mol. The third-order valence-corrected chi connectivity index (χ3v) is 0.687. The van der Waals surface area contributed by atoms with Crippen LogP contribution in [0.4, 0.5) is 4.79 Å². The van der Waals surface area contributed by atoms with Gasteiger partial charge < -0.3 is 14.2 Å². The van der Waals surface area contributed by atoms with Crippen LogP contribution in [0.15, 0.2) is 0 Å². The van der Waals surface area contributed by atoms with Crippen molar-refractivity contribution in [1.29, 1.82) is 0 Å². The summed E-state index contributed by atoms with van der Waals surface area (Å²) >= 11 is 0. The van der Waals surface area contributed by atoms with Crippen LogP contribution in [0.2, 0.25) is 0 Å². The summed E-state index contributed by atoms with van der Waals surface area (Å²) in [5, 5.41) is 0. The first-order chi connectivity index (χ1) is 4.81. The molecule has 0 saturated carbocycles. The zero-order valence-corrected chi connectivity index (χ0v) is 5.83. The Hall–Kier alpha value is -0.900. The minimum Gasteiger partial charge on any atom is -0.558 e. The number of ether oxygens (including phenoxy) is 3. The molecule has 4 nitrogen and oxygen atoms in total. The molecule has 0 saturated heterocycles. The highest BCUT2D eigenvalue weighted by atomic mass is 16.7. The first kappa shape index (κ1) is 9.10. The van der Waals surface area contributed by atoms with E-state index in [-0.39, 0.29) is 6.61 Å². The van der Waals surface area contributed by atoms with E-state index in [1.54, 1.807) is 0 Å². The van der Waals surface area contributed by atoms with E-state index in [0.29, 0.717) is 6.61 Å². The summed E-state index contributed by atoms with van der Waals surface area (Å²) in [4.78, 5) is 10.3. The molecule has 0 amide bonds. The highest BCUT2D eigenvalue weighted by molar-refractivity contribution is 5.60. The van der Waals surface area contributed by atoms with Crippen LogP contribution in [-0.2, 0) is 14.2 Å². The number of hydrogen-bond donors (Lipinski definition) is 0. The predicted molar refractivity (Wildman–Crippen MR) is 34.0 cm³/mol. The van der Waals surface area contributed by atoms with E-state index in [0.717, 1.165) is 6.61 Å². The van der Waals surface area contributed by atoms with Crippen molar-refractivity contribution in [2.45, 2.75) is 0 Å². The average molecular weight is 146 g/mol. The van der Waals surface area contributed by atoms with Gasteiger partial charge in [-0.15, -0.1) is 0 Å². The number of carbonyl (C=O) groups is 1. The van der Waals surface area contributed by atoms with Crippen molar-refractivity contribution in [2.24, 2.45) is 0 Å².